The van der Waals surface area contributed by atoms with Crippen molar-refractivity contribution < 1.29 is 33.0 Å². The van der Waals surface area contributed by atoms with Crippen molar-refractivity contribution in [3.63, 3.8) is 0 Å². The molecule has 1 amide bonds. The summed E-state index contributed by atoms with van der Waals surface area (Å²) in [6.45, 7) is 5.86. The number of esters is 2. The second kappa shape index (κ2) is 10.9. The van der Waals surface area contributed by atoms with Crippen molar-refractivity contribution in [3.8, 4) is 5.75 Å². The highest BCUT2D eigenvalue weighted by Crippen LogP contribution is 2.56. The van der Waals surface area contributed by atoms with Gasteiger partial charge in [-0.1, -0.05) is 41.8 Å². The van der Waals surface area contributed by atoms with Crippen LogP contribution in [-0.4, -0.2) is 49.1 Å². The fourth-order valence-electron chi connectivity index (χ4n) is 4.17. The topological polar surface area (TPSA) is 82.1 Å². The lowest BCUT2D eigenvalue weighted by molar-refractivity contribution is -0.138. The van der Waals surface area contributed by atoms with Gasteiger partial charge in [-0.2, -0.15) is 0 Å². The SMILES string of the molecule is CCOc1ccc2c(c1)C(=C1SC(C(=O)OC)=C(C(=O)OC)S1)C(=S)C(C)(C)N2C(=O)c1cccc(F)c1. The molecule has 0 saturated carbocycles. The molecule has 0 spiro atoms. The molecule has 198 valence electrons. The second-order valence-electron chi connectivity index (χ2n) is 8.66. The summed E-state index contributed by atoms with van der Waals surface area (Å²) in [5.41, 5.74) is 0.817. The van der Waals surface area contributed by atoms with E-state index in [0.717, 1.165) is 23.5 Å². The van der Waals surface area contributed by atoms with Gasteiger partial charge < -0.3 is 14.2 Å². The lowest BCUT2D eigenvalue weighted by Crippen LogP contribution is -2.56. The second-order valence-corrected chi connectivity index (χ2v) is 11.4. The number of hydrogen-bond donors (Lipinski definition) is 0. The minimum absolute atomic E-state index is 0.0910. The first-order valence-electron chi connectivity index (χ1n) is 11.5. The normalized spacial score (nSPS) is 16.4. The Morgan fingerprint density at radius 1 is 1.00 bits per heavy atom. The minimum Gasteiger partial charge on any atom is -0.494 e. The molecule has 0 fully saturated rings. The number of hydrogen-bond acceptors (Lipinski definition) is 9. The molecular formula is C27H24FNO6S3. The number of ether oxygens (including phenoxy) is 3. The first-order chi connectivity index (χ1) is 18.0. The summed E-state index contributed by atoms with van der Waals surface area (Å²) in [5, 5.41) is 0. The smallest absolute Gasteiger partial charge is 0.346 e. The van der Waals surface area contributed by atoms with Crippen LogP contribution in [0.25, 0.3) is 5.57 Å². The van der Waals surface area contributed by atoms with Gasteiger partial charge in [0.2, 0.25) is 0 Å². The van der Waals surface area contributed by atoms with Crippen molar-refractivity contribution in [3.05, 3.63) is 73.5 Å². The highest BCUT2D eigenvalue weighted by atomic mass is 32.2. The summed E-state index contributed by atoms with van der Waals surface area (Å²) in [4.78, 5) is 40.9. The van der Waals surface area contributed by atoms with Gasteiger partial charge in [-0.05, 0) is 57.2 Å². The predicted molar refractivity (Wildman–Crippen MR) is 151 cm³/mol. The molecule has 2 aromatic rings. The van der Waals surface area contributed by atoms with Crippen molar-refractivity contribution in [2.45, 2.75) is 26.3 Å². The zero-order valence-electron chi connectivity index (χ0n) is 21.2. The van der Waals surface area contributed by atoms with E-state index in [1.165, 1.54) is 32.4 Å². The number of thioether (sulfide) groups is 2. The van der Waals surface area contributed by atoms with Crippen LogP contribution in [0.15, 0.2) is 56.5 Å². The van der Waals surface area contributed by atoms with Crippen LogP contribution in [0.4, 0.5) is 10.1 Å². The third kappa shape index (κ3) is 4.85. The van der Waals surface area contributed by atoms with Crippen LogP contribution < -0.4 is 9.64 Å². The van der Waals surface area contributed by atoms with Gasteiger partial charge in [-0.15, -0.1) is 0 Å². The summed E-state index contributed by atoms with van der Waals surface area (Å²) in [7, 11) is 2.46. The third-order valence-corrected chi connectivity index (χ3v) is 9.21. The predicted octanol–water partition coefficient (Wildman–Crippen LogP) is 5.74. The number of anilines is 1. The Labute approximate surface area is 233 Å². The van der Waals surface area contributed by atoms with Gasteiger partial charge >= 0.3 is 11.9 Å². The van der Waals surface area contributed by atoms with Gasteiger partial charge in [0.05, 0.1) is 41.2 Å². The molecule has 7 nitrogen and oxygen atoms in total. The zero-order chi connectivity index (χ0) is 27.8. The fraction of sp³-hybridized carbons (Fsp3) is 0.259. The van der Waals surface area contributed by atoms with Crippen molar-refractivity contribution >= 4 is 69.7 Å². The molecule has 4 rings (SSSR count). The summed E-state index contributed by atoms with van der Waals surface area (Å²) >= 11 is 8.10. The van der Waals surface area contributed by atoms with Gasteiger partial charge in [0.25, 0.3) is 5.91 Å². The maximum absolute atomic E-state index is 14.0. The molecule has 2 heterocycles. The summed E-state index contributed by atoms with van der Waals surface area (Å²) in [6, 6.07) is 10.7. The van der Waals surface area contributed by atoms with Crippen LogP contribution in [0.3, 0.4) is 0 Å². The van der Waals surface area contributed by atoms with Crippen molar-refractivity contribution in [1.82, 2.24) is 0 Å². The van der Waals surface area contributed by atoms with E-state index in [0.29, 0.717) is 38.3 Å². The fourth-order valence-corrected chi connectivity index (χ4v) is 7.20. The van der Waals surface area contributed by atoms with E-state index >= 15 is 0 Å². The number of halogens is 1. The van der Waals surface area contributed by atoms with E-state index in [9.17, 15) is 18.8 Å². The summed E-state index contributed by atoms with van der Waals surface area (Å²) in [5.74, 6) is -1.76. The van der Waals surface area contributed by atoms with E-state index in [1.54, 1.807) is 43.0 Å². The molecule has 0 radical (unpaired) electrons. The average Bonchev–Trinajstić information content (AvgIpc) is 3.33. The van der Waals surface area contributed by atoms with Crippen molar-refractivity contribution in [1.29, 1.82) is 0 Å². The summed E-state index contributed by atoms with van der Waals surface area (Å²) in [6.07, 6.45) is 0. The average molecular weight is 574 g/mol. The standard InChI is InChI=1S/C27H24FNO6S3/c1-6-35-16-10-11-18-17(13-16)19(26-37-20(24(31)33-4)21(38-26)25(32)34-5)22(36)27(2,3)29(18)23(30)14-8-7-9-15(28)12-14/h7-13H,6H2,1-5H3. The first kappa shape index (κ1) is 27.9. The largest absolute Gasteiger partial charge is 0.494 e. The van der Waals surface area contributed by atoms with Gasteiger partial charge in [0, 0.05) is 16.7 Å². The molecule has 0 unspecified atom stereocenters. The van der Waals surface area contributed by atoms with Crippen LogP contribution in [0.1, 0.15) is 36.7 Å². The number of carbonyl (C=O) groups is 3. The van der Waals surface area contributed by atoms with Gasteiger partial charge in [0.15, 0.2) is 0 Å². The highest BCUT2D eigenvalue weighted by molar-refractivity contribution is 8.29. The van der Waals surface area contributed by atoms with E-state index in [1.807, 2.05) is 6.92 Å². The maximum atomic E-state index is 14.0. The number of fused-ring (bicyclic) bond motifs is 1. The van der Waals surface area contributed by atoms with Gasteiger partial charge in [-0.3, -0.25) is 9.69 Å². The molecule has 0 saturated heterocycles. The third-order valence-electron chi connectivity index (χ3n) is 5.95. The van der Waals surface area contributed by atoms with E-state index in [2.05, 4.69) is 0 Å². The Balaban J connectivity index is 1.94. The number of benzene rings is 2. The number of carbonyl (C=O) groups excluding carboxylic acids is 3. The van der Waals surface area contributed by atoms with E-state index < -0.39 is 29.2 Å². The molecule has 2 aromatic carbocycles. The highest BCUT2D eigenvalue weighted by Gasteiger charge is 2.46. The minimum atomic E-state index is -1.04. The van der Waals surface area contributed by atoms with Crippen molar-refractivity contribution in [2.75, 3.05) is 25.7 Å². The molecule has 2 aliphatic heterocycles. The molecule has 0 bridgehead atoms. The lowest BCUT2D eigenvalue weighted by Gasteiger charge is -2.45. The van der Waals surface area contributed by atoms with E-state index in [-0.39, 0.29) is 15.4 Å². The summed E-state index contributed by atoms with van der Waals surface area (Å²) < 4.78 is 30.1. The number of rotatable bonds is 5. The molecule has 2 aliphatic rings. The maximum Gasteiger partial charge on any atom is 0.346 e. The Kier molecular flexibility index (Phi) is 8.01. The molecular weight excluding hydrogens is 549 g/mol. The molecule has 0 atom stereocenters. The molecule has 38 heavy (non-hydrogen) atoms. The number of amides is 1. The lowest BCUT2D eigenvalue weighted by atomic mass is 9.82. The molecule has 0 aliphatic carbocycles. The monoisotopic (exact) mass is 573 g/mol. The molecule has 0 aromatic heterocycles. The van der Waals surface area contributed by atoms with Crippen LogP contribution in [0, 0.1) is 5.82 Å². The molecule has 11 heteroatoms. The van der Waals surface area contributed by atoms with Crippen LogP contribution in [0.5, 0.6) is 5.75 Å². The van der Waals surface area contributed by atoms with Crippen LogP contribution in [-0.2, 0) is 19.1 Å². The van der Waals surface area contributed by atoms with Crippen LogP contribution in [0.2, 0.25) is 0 Å². The number of nitrogens with zero attached hydrogens (tertiary/aromatic N) is 1. The van der Waals surface area contributed by atoms with E-state index in [4.69, 9.17) is 26.4 Å². The Morgan fingerprint density at radius 2 is 1.63 bits per heavy atom. The Hall–Kier alpha value is -3.15. The van der Waals surface area contributed by atoms with Crippen molar-refractivity contribution in [2.24, 2.45) is 0 Å². The van der Waals surface area contributed by atoms with Gasteiger partial charge in [-0.25, -0.2) is 14.0 Å². The number of thiocarbonyl (C=S) groups is 1. The van der Waals surface area contributed by atoms with Gasteiger partial charge in [0.1, 0.15) is 21.4 Å². The number of methoxy groups -OCH3 is 2. The molecule has 0 N–H and O–H groups in total. The quantitative estimate of drug-likeness (QED) is 0.253. The first-order valence-corrected chi connectivity index (χ1v) is 13.5. The Morgan fingerprint density at radius 3 is 2.18 bits per heavy atom. The Bertz CT molecular complexity index is 1400. The van der Waals surface area contributed by atoms with Crippen LogP contribution >= 0.6 is 35.7 Å². The zero-order valence-corrected chi connectivity index (χ0v) is 23.7.